The van der Waals surface area contributed by atoms with Gasteiger partial charge in [-0.1, -0.05) is 0 Å². The van der Waals surface area contributed by atoms with Gasteiger partial charge in [-0.25, -0.2) is 15.2 Å². The lowest BCUT2D eigenvalue weighted by Gasteiger charge is -2.14. The predicted octanol–water partition coefficient (Wildman–Crippen LogP) is 0.0173. The van der Waals surface area contributed by atoms with Gasteiger partial charge in [0.15, 0.2) is 11.6 Å². The highest BCUT2D eigenvalue weighted by molar-refractivity contribution is 5.41. The molecule has 1 aromatic heterocycles. The van der Waals surface area contributed by atoms with Crippen LogP contribution >= 0.6 is 0 Å². The van der Waals surface area contributed by atoms with E-state index in [1.165, 1.54) is 0 Å². The Kier molecular flexibility index (Phi) is 3.16. The van der Waals surface area contributed by atoms with E-state index < -0.39 is 5.82 Å². The van der Waals surface area contributed by atoms with Crippen molar-refractivity contribution >= 4 is 11.8 Å². The molecule has 16 heavy (non-hydrogen) atoms. The van der Waals surface area contributed by atoms with Gasteiger partial charge in [-0.05, 0) is 20.0 Å². The number of nitrogens with zero attached hydrogens (tertiary/aromatic N) is 3. The van der Waals surface area contributed by atoms with Crippen molar-refractivity contribution in [3.8, 4) is 0 Å². The minimum absolute atomic E-state index is 0.197. The molecule has 0 spiro atoms. The maximum atomic E-state index is 13.4. The van der Waals surface area contributed by atoms with Gasteiger partial charge in [0.05, 0.1) is 6.20 Å². The summed E-state index contributed by atoms with van der Waals surface area (Å²) in [4.78, 5) is 9.78. The normalized spacial score (nSPS) is 21.1. The van der Waals surface area contributed by atoms with Crippen molar-refractivity contribution in [2.45, 2.75) is 12.5 Å². The van der Waals surface area contributed by atoms with Crippen LogP contribution in [0.5, 0.6) is 0 Å². The highest BCUT2D eigenvalue weighted by Gasteiger charge is 2.20. The van der Waals surface area contributed by atoms with E-state index in [0.717, 1.165) is 25.7 Å². The van der Waals surface area contributed by atoms with Crippen molar-refractivity contribution < 1.29 is 4.39 Å². The van der Waals surface area contributed by atoms with Crippen LogP contribution in [-0.2, 0) is 0 Å². The fourth-order valence-corrected chi connectivity index (χ4v) is 1.78. The van der Waals surface area contributed by atoms with Crippen LogP contribution < -0.4 is 16.6 Å². The number of hydrogen-bond donors (Lipinski definition) is 3. The maximum Gasteiger partial charge on any atom is 0.239 e. The summed E-state index contributed by atoms with van der Waals surface area (Å²) < 4.78 is 13.4. The number of halogens is 1. The maximum absolute atomic E-state index is 13.4. The first-order chi connectivity index (χ1) is 7.69. The highest BCUT2D eigenvalue weighted by Crippen LogP contribution is 2.16. The molecule has 0 bridgehead atoms. The van der Waals surface area contributed by atoms with Gasteiger partial charge < -0.3 is 10.2 Å². The summed E-state index contributed by atoms with van der Waals surface area (Å²) in [7, 11) is 2.03. The van der Waals surface area contributed by atoms with Crippen LogP contribution in [0.25, 0.3) is 0 Å². The van der Waals surface area contributed by atoms with Crippen LogP contribution in [0.4, 0.5) is 16.2 Å². The lowest BCUT2D eigenvalue weighted by atomic mass is 10.2. The van der Waals surface area contributed by atoms with Gasteiger partial charge in [0.2, 0.25) is 5.95 Å². The number of likely N-dealkylation sites (N-methyl/N-ethyl adjacent to an activating group) is 1. The van der Waals surface area contributed by atoms with Crippen molar-refractivity contribution in [1.82, 2.24) is 14.9 Å². The third kappa shape index (κ3) is 2.37. The Balaban J connectivity index is 2.08. The molecular weight excluding hydrogens is 211 g/mol. The third-order valence-corrected chi connectivity index (χ3v) is 2.61. The smallest absolute Gasteiger partial charge is 0.239 e. The summed E-state index contributed by atoms with van der Waals surface area (Å²) in [5.74, 6) is 5.10. The summed E-state index contributed by atoms with van der Waals surface area (Å²) in [5, 5.41) is 3.05. The largest absolute Gasteiger partial charge is 0.363 e. The Bertz CT molecular complexity index is 371. The number of rotatable bonds is 3. The minimum Gasteiger partial charge on any atom is -0.363 e. The summed E-state index contributed by atoms with van der Waals surface area (Å²) in [6.45, 7) is 1.89. The molecule has 1 aromatic rings. The average molecular weight is 226 g/mol. The van der Waals surface area contributed by atoms with E-state index in [1.54, 1.807) is 0 Å². The van der Waals surface area contributed by atoms with Crippen molar-refractivity contribution in [3.05, 3.63) is 12.0 Å². The minimum atomic E-state index is -0.464. The van der Waals surface area contributed by atoms with E-state index in [9.17, 15) is 4.39 Å². The first-order valence-electron chi connectivity index (χ1n) is 5.13. The molecule has 1 fully saturated rings. The fraction of sp³-hybridized carbons (Fsp3) is 0.556. The molecule has 1 aliphatic rings. The van der Waals surface area contributed by atoms with E-state index in [4.69, 9.17) is 5.84 Å². The third-order valence-electron chi connectivity index (χ3n) is 2.61. The van der Waals surface area contributed by atoms with Crippen LogP contribution in [0.2, 0.25) is 0 Å². The second-order valence-electron chi connectivity index (χ2n) is 3.93. The zero-order valence-corrected chi connectivity index (χ0v) is 9.07. The monoisotopic (exact) mass is 226 g/mol. The number of nitrogen functional groups attached to an aromatic ring is 1. The second kappa shape index (κ2) is 4.58. The molecule has 0 saturated carbocycles. The van der Waals surface area contributed by atoms with Crippen LogP contribution in [0, 0.1) is 5.82 Å². The Morgan fingerprint density at radius 3 is 3.06 bits per heavy atom. The lowest BCUT2D eigenvalue weighted by molar-refractivity contribution is 0.413. The van der Waals surface area contributed by atoms with Crippen LogP contribution in [0.1, 0.15) is 6.42 Å². The van der Waals surface area contributed by atoms with Gasteiger partial charge >= 0.3 is 0 Å². The van der Waals surface area contributed by atoms with Crippen LogP contribution in [-0.4, -0.2) is 41.0 Å². The van der Waals surface area contributed by atoms with E-state index in [1.807, 2.05) is 7.05 Å². The summed E-state index contributed by atoms with van der Waals surface area (Å²) >= 11 is 0. The number of hydrazine groups is 1. The van der Waals surface area contributed by atoms with E-state index in [2.05, 4.69) is 25.6 Å². The quantitative estimate of drug-likeness (QED) is 0.498. The molecule has 1 saturated heterocycles. The first-order valence-corrected chi connectivity index (χ1v) is 5.13. The number of likely N-dealkylation sites (tertiary alicyclic amines) is 1. The number of hydrogen-bond acceptors (Lipinski definition) is 6. The molecule has 2 heterocycles. The van der Waals surface area contributed by atoms with E-state index in [0.29, 0.717) is 0 Å². The second-order valence-corrected chi connectivity index (χ2v) is 3.93. The highest BCUT2D eigenvalue weighted by atomic mass is 19.1. The van der Waals surface area contributed by atoms with Crippen molar-refractivity contribution in [2.24, 2.45) is 5.84 Å². The Labute approximate surface area is 93.0 Å². The van der Waals surface area contributed by atoms with Crippen LogP contribution in [0.15, 0.2) is 6.20 Å². The van der Waals surface area contributed by atoms with Gasteiger partial charge in [-0.15, -0.1) is 0 Å². The van der Waals surface area contributed by atoms with Crippen molar-refractivity contribution in [1.29, 1.82) is 0 Å². The standard InChI is InChI=1S/C9H15FN6/c1-16-3-2-6(5-16)13-8-7(10)4-12-9(14-8)15-11/h4,6H,2-3,5,11H2,1H3,(H2,12,13,14,15). The van der Waals surface area contributed by atoms with E-state index >= 15 is 0 Å². The Hall–Kier alpha value is -1.47. The van der Waals surface area contributed by atoms with Crippen LogP contribution in [0.3, 0.4) is 0 Å². The summed E-state index contributed by atoms with van der Waals surface area (Å²) in [5.41, 5.74) is 2.29. The topological polar surface area (TPSA) is 79.1 Å². The van der Waals surface area contributed by atoms with Gasteiger partial charge in [0, 0.05) is 12.6 Å². The van der Waals surface area contributed by atoms with Gasteiger partial charge in [-0.2, -0.15) is 4.98 Å². The first kappa shape index (κ1) is 11.0. The molecule has 1 atom stereocenters. The average Bonchev–Trinajstić information content (AvgIpc) is 2.67. The van der Waals surface area contributed by atoms with Gasteiger partial charge in [0.25, 0.3) is 0 Å². The predicted molar refractivity (Wildman–Crippen MR) is 59.3 cm³/mol. The van der Waals surface area contributed by atoms with E-state index in [-0.39, 0.29) is 17.8 Å². The molecule has 6 nitrogen and oxygen atoms in total. The summed E-state index contributed by atoms with van der Waals surface area (Å²) in [6, 6.07) is 0.222. The van der Waals surface area contributed by atoms with Crippen molar-refractivity contribution in [2.75, 3.05) is 30.9 Å². The fourth-order valence-electron chi connectivity index (χ4n) is 1.78. The molecule has 0 aromatic carbocycles. The number of nitrogens with two attached hydrogens (primary N) is 1. The molecule has 2 rings (SSSR count). The Morgan fingerprint density at radius 2 is 2.44 bits per heavy atom. The number of anilines is 2. The molecule has 7 heteroatoms. The number of aromatic nitrogens is 2. The van der Waals surface area contributed by atoms with Gasteiger partial charge in [0.1, 0.15) is 0 Å². The molecule has 88 valence electrons. The Morgan fingerprint density at radius 1 is 1.62 bits per heavy atom. The molecular formula is C9H15FN6. The zero-order valence-electron chi connectivity index (χ0n) is 9.07. The molecule has 1 unspecified atom stereocenters. The SMILES string of the molecule is CN1CCC(Nc2nc(NN)ncc2F)C1. The zero-order chi connectivity index (χ0) is 11.5. The molecule has 0 radical (unpaired) electrons. The molecule has 1 aliphatic heterocycles. The summed E-state index contributed by atoms with van der Waals surface area (Å²) in [6.07, 6.45) is 2.08. The van der Waals surface area contributed by atoms with Crippen molar-refractivity contribution in [3.63, 3.8) is 0 Å². The van der Waals surface area contributed by atoms with Gasteiger partial charge in [-0.3, -0.25) is 5.43 Å². The molecule has 0 amide bonds. The lowest BCUT2D eigenvalue weighted by Crippen LogP contribution is -2.25. The molecule has 0 aliphatic carbocycles. The number of nitrogens with one attached hydrogen (secondary N) is 2. The molecule has 4 N–H and O–H groups in total.